The highest BCUT2D eigenvalue weighted by molar-refractivity contribution is 7.14. The molecule has 0 spiro atoms. The van der Waals surface area contributed by atoms with Crippen molar-refractivity contribution in [2.24, 2.45) is 5.92 Å². The van der Waals surface area contributed by atoms with Crippen LogP contribution in [0.1, 0.15) is 23.5 Å². The van der Waals surface area contributed by atoms with Gasteiger partial charge in [-0.25, -0.2) is 0 Å². The first kappa shape index (κ1) is 16.3. The van der Waals surface area contributed by atoms with Gasteiger partial charge in [-0.3, -0.25) is 9.78 Å². The van der Waals surface area contributed by atoms with Crippen LogP contribution in [0.2, 0.25) is 0 Å². The largest absolute Gasteiger partial charge is 0.381 e. The van der Waals surface area contributed by atoms with E-state index in [0.717, 1.165) is 44.9 Å². The van der Waals surface area contributed by atoms with E-state index >= 15 is 0 Å². The summed E-state index contributed by atoms with van der Waals surface area (Å²) in [6.07, 6.45) is 3.89. The van der Waals surface area contributed by atoms with Crippen LogP contribution in [0.25, 0.3) is 21.3 Å². The van der Waals surface area contributed by atoms with Gasteiger partial charge < -0.3 is 4.74 Å². The predicted molar refractivity (Wildman–Crippen MR) is 97.6 cm³/mol. The van der Waals surface area contributed by atoms with Crippen molar-refractivity contribution in [1.29, 1.82) is 0 Å². The smallest absolute Gasteiger partial charge is 0.147 e. The Kier molecular flexibility index (Phi) is 4.55. The number of rotatable bonds is 4. The average Bonchev–Trinajstić information content (AvgIpc) is 3.08. The van der Waals surface area contributed by atoms with Crippen LogP contribution in [0.5, 0.6) is 0 Å². The maximum absolute atomic E-state index is 12.5. The molecule has 128 valence electrons. The molecule has 0 saturated carbocycles. The van der Waals surface area contributed by atoms with Crippen LogP contribution in [-0.4, -0.2) is 34.2 Å². The molecule has 1 saturated heterocycles. The molecule has 0 radical (unpaired) electrons. The summed E-state index contributed by atoms with van der Waals surface area (Å²) in [5, 5.41) is 12.3. The molecule has 0 N–H and O–H groups in total. The Balaban J connectivity index is 1.59. The molecule has 1 fully saturated rings. The Morgan fingerprint density at radius 3 is 2.80 bits per heavy atom. The van der Waals surface area contributed by atoms with E-state index in [1.54, 1.807) is 11.3 Å². The molecule has 0 unspecified atom stereocenters. The van der Waals surface area contributed by atoms with E-state index in [4.69, 9.17) is 4.74 Å². The highest BCUT2D eigenvalue weighted by Crippen LogP contribution is 2.27. The third-order valence-electron chi connectivity index (χ3n) is 4.58. The molecule has 2 aromatic heterocycles. The Labute approximate surface area is 150 Å². The van der Waals surface area contributed by atoms with Gasteiger partial charge in [-0.15, -0.1) is 10.2 Å². The van der Waals surface area contributed by atoms with Crippen molar-refractivity contribution in [3.8, 4) is 10.6 Å². The second kappa shape index (κ2) is 6.98. The van der Waals surface area contributed by atoms with Gasteiger partial charge in [-0.1, -0.05) is 23.5 Å². The molecule has 1 aliphatic rings. The zero-order valence-corrected chi connectivity index (χ0v) is 14.9. The van der Waals surface area contributed by atoms with E-state index in [1.807, 2.05) is 31.3 Å². The maximum atomic E-state index is 12.5. The first-order valence-electron chi connectivity index (χ1n) is 8.49. The molecule has 3 aromatic rings. The lowest BCUT2D eigenvalue weighted by atomic mass is 9.92. The first-order chi connectivity index (χ1) is 12.2. The molecule has 0 amide bonds. The summed E-state index contributed by atoms with van der Waals surface area (Å²) in [7, 11) is 0. The molecule has 3 heterocycles. The molecular weight excluding hydrogens is 334 g/mol. The monoisotopic (exact) mass is 353 g/mol. The van der Waals surface area contributed by atoms with Gasteiger partial charge in [0.05, 0.1) is 0 Å². The lowest BCUT2D eigenvalue weighted by molar-refractivity contribution is -0.125. The van der Waals surface area contributed by atoms with E-state index in [2.05, 4.69) is 21.2 Å². The number of benzene rings is 1. The SMILES string of the molecule is Cc1nnc(-c2ccc3cnc(CC(=O)C4CCOCC4)cc3c2)s1. The number of Topliss-reactive ketones (excluding diaryl/α,β-unsaturated/α-hetero) is 1. The quantitative estimate of drug-likeness (QED) is 0.717. The van der Waals surface area contributed by atoms with E-state index in [9.17, 15) is 4.79 Å². The number of hydrogen-bond donors (Lipinski definition) is 0. The summed E-state index contributed by atoms with van der Waals surface area (Å²) < 4.78 is 5.34. The fraction of sp³-hybridized carbons (Fsp3) is 0.368. The molecule has 25 heavy (non-hydrogen) atoms. The number of aromatic nitrogens is 3. The summed E-state index contributed by atoms with van der Waals surface area (Å²) in [4.78, 5) is 17.0. The van der Waals surface area contributed by atoms with Crippen molar-refractivity contribution in [1.82, 2.24) is 15.2 Å². The molecule has 1 aromatic carbocycles. The van der Waals surface area contributed by atoms with Gasteiger partial charge in [0.25, 0.3) is 0 Å². The lowest BCUT2D eigenvalue weighted by Crippen LogP contribution is -2.24. The van der Waals surface area contributed by atoms with Crippen molar-refractivity contribution >= 4 is 27.9 Å². The van der Waals surface area contributed by atoms with Crippen molar-refractivity contribution in [2.75, 3.05) is 13.2 Å². The van der Waals surface area contributed by atoms with Crippen LogP contribution in [0.4, 0.5) is 0 Å². The van der Waals surface area contributed by atoms with Crippen LogP contribution in [0, 0.1) is 12.8 Å². The van der Waals surface area contributed by atoms with Gasteiger partial charge in [0, 0.05) is 48.4 Å². The Morgan fingerprint density at radius 2 is 2.04 bits per heavy atom. The van der Waals surface area contributed by atoms with Crippen LogP contribution < -0.4 is 0 Å². The number of carbonyl (C=O) groups is 1. The molecule has 4 rings (SSSR count). The summed E-state index contributed by atoms with van der Waals surface area (Å²) in [6, 6.07) is 8.19. The summed E-state index contributed by atoms with van der Waals surface area (Å²) >= 11 is 1.58. The normalized spacial score (nSPS) is 15.6. The second-order valence-corrected chi connectivity index (χ2v) is 7.58. The van der Waals surface area contributed by atoms with Crippen LogP contribution >= 0.6 is 11.3 Å². The molecule has 0 aliphatic carbocycles. The number of ether oxygens (including phenoxy) is 1. The number of fused-ring (bicyclic) bond motifs is 1. The minimum absolute atomic E-state index is 0.113. The Bertz CT molecular complexity index is 916. The number of hydrogen-bond acceptors (Lipinski definition) is 6. The number of carbonyl (C=O) groups excluding carboxylic acids is 1. The molecule has 5 nitrogen and oxygen atoms in total. The van der Waals surface area contributed by atoms with Gasteiger partial charge in [-0.05, 0) is 37.3 Å². The summed E-state index contributed by atoms with van der Waals surface area (Å²) in [5.41, 5.74) is 1.88. The minimum Gasteiger partial charge on any atom is -0.381 e. The molecular formula is C19H19N3O2S. The zero-order chi connectivity index (χ0) is 17.2. The van der Waals surface area contributed by atoms with E-state index in [1.165, 1.54) is 0 Å². The Morgan fingerprint density at radius 1 is 1.20 bits per heavy atom. The summed E-state index contributed by atoms with van der Waals surface area (Å²) in [5.74, 6) is 0.382. The highest BCUT2D eigenvalue weighted by Gasteiger charge is 2.22. The molecule has 1 aliphatic heterocycles. The molecule has 0 bridgehead atoms. The van der Waals surface area contributed by atoms with Crippen LogP contribution in [0.3, 0.4) is 0 Å². The first-order valence-corrected chi connectivity index (χ1v) is 9.30. The fourth-order valence-corrected chi connectivity index (χ4v) is 3.86. The minimum atomic E-state index is 0.113. The van der Waals surface area contributed by atoms with Crippen molar-refractivity contribution in [3.63, 3.8) is 0 Å². The van der Waals surface area contributed by atoms with E-state index < -0.39 is 0 Å². The van der Waals surface area contributed by atoms with E-state index in [-0.39, 0.29) is 11.7 Å². The topological polar surface area (TPSA) is 65.0 Å². The summed E-state index contributed by atoms with van der Waals surface area (Å²) in [6.45, 7) is 3.32. The third-order valence-corrected chi connectivity index (χ3v) is 5.47. The number of aryl methyl sites for hydroxylation is 1. The van der Waals surface area contributed by atoms with Gasteiger partial charge in [0.1, 0.15) is 15.8 Å². The van der Waals surface area contributed by atoms with Gasteiger partial charge >= 0.3 is 0 Å². The standard InChI is InChI=1S/C19H19N3O2S/c1-12-21-22-19(25-12)14-2-3-15-11-20-17(9-16(15)8-14)10-18(23)13-4-6-24-7-5-13/h2-3,8-9,11,13H,4-7,10H2,1H3. The van der Waals surface area contributed by atoms with Crippen LogP contribution in [0.15, 0.2) is 30.5 Å². The van der Waals surface area contributed by atoms with Gasteiger partial charge in [0.2, 0.25) is 0 Å². The van der Waals surface area contributed by atoms with Gasteiger partial charge in [0.15, 0.2) is 0 Å². The van der Waals surface area contributed by atoms with Crippen molar-refractivity contribution in [3.05, 3.63) is 41.2 Å². The number of nitrogens with zero attached hydrogens (tertiary/aromatic N) is 3. The predicted octanol–water partition coefficient (Wildman–Crippen LogP) is 3.60. The fourth-order valence-electron chi connectivity index (χ4n) is 3.17. The van der Waals surface area contributed by atoms with Crippen molar-refractivity contribution < 1.29 is 9.53 Å². The second-order valence-electron chi connectivity index (χ2n) is 6.39. The maximum Gasteiger partial charge on any atom is 0.147 e. The third kappa shape index (κ3) is 3.60. The van der Waals surface area contributed by atoms with Gasteiger partial charge in [-0.2, -0.15) is 0 Å². The number of ketones is 1. The number of pyridine rings is 1. The molecule has 6 heteroatoms. The van der Waals surface area contributed by atoms with E-state index in [0.29, 0.717) is 19.6 Å². The average molecular weight is 353 g/mol. The Hall–Kier alpha value is -2.18. The van der Waals surface area contributed by atoms with Crippen LogP contribution in [-0.2, 0) is 16.0 Å². The molecule has 0 atom stereocenters. The highest BCUT2D eigenvalue weighted by atomic mass is 32.1. The lowest BCUT2D eigenvalue weighted by Gasteiger charge is -2.20. The zero-order valence-electron chi connectivity index (χ0n) is 14.1. The van der Waals surface area contributed by atoms with Crippen molar-refractivity contribution in [2.45, 2.75) is 26.2 Å².